The van der Waals surface area contributed by atoms with E-state index in [0.717, 1.165) is 8.66 Å². The minimum absolute atomic E-state index is 0.0423. The predicted molar refractivity (Wildman–Crippen MR) is 91.8 cm³/mol. The van der Waals surface area contributed by atoms with Gasteiger partial charge in [0.2, 0.25) is 0 Å². The van der Waals surface area contributed by atoms with E-state index in [9.17, 15) is 10.1 Å². The number of nitrogens with one attached hydrogen (secondary N) is 1. The number of amides is 1. The Hall–Kier alpha value is -2.10. The molecule has 0 saturated carbocycles. The van der Waals surface area contributed by atoms with E-state index in [1.54, 1.807) is 24.3 Å². The zero-order chi connectivity index (χ0) is 15.9. The second-order valence-corrected chi connectivity index (χ2v) is 6.69. The van der Waals surface area contributed by atoms with E-state index in [-0.39, 0.29) is 5.57 Å². The summed E-state index contributed by atoms with van der Waals surface area (Å²) in [6.45, 7) is 2.37. The summed E-state index contributed by atoms with van der Waals surface area (Å²) in [4.78, 5) is 13.1. The molecule has 4 nitrogen and oxygen atoms in total. The minimum Gasteiger partial charge on any atom is -0.492 e. The molecule has 0 unspecified atom stereocenters. The van der Waals surface area contributed by atoms with Crippen molar-refractivity contribution in [2.45, 2.75) is 6.92 Å². The monoisotopic (exact) mass is 376 g/mol. The molecule has 112 valence electrons. The van der Waals surface area contributed by atoms with Crippen molar-refractivity contribution < 1.29 is 9.53 Å². The van der Waals surface area contributed by atoms with Gasteiger partial charge >= 0.3 is 0 Å². The number of hydrogen-bond donors (Lipinski definition) is 1. The fraction of sp³-hybridized carbons (Fsp3) is 0.125. The summed E-state index contributed by atoms with van der Waals surface area (Å²) in [5.41, 5.74) is 0.587. The van der Waals surface area contributed by atoms with Crippen LogP contribution >= 0.6 is 27.3 Å². The zero-order valence-electron chi connectivity index (χ0n) is 11.8. The SMILES string of the molecule is CCOc1ccccc1NC(=O)C(C#N)=Cc1ccc(Br)s1. The molecule has 0 aliphatic rings. The van der Waals surface area contributed by atoms with E-state index in [1.807, 2.05) is 31.2 Å². The number of nitriles is 1. The Balaban J connectivity index is 2.20. The van der Waals surface area contributed by atoms with Crippen LogP contribution in [0.15, 0.2) is 45.8 Å². The highest BCUT2D eigenvalue weighted by Gasteiger charge is 2.12. The third-order valence-corrected chi connectivity index (χ3v) is 4.25. The van der Waals surface area contributed by atoms with Gasteiger partial charge in [-0.2, -0.15) is 5.26 Å². The van der Waals surface area contributed by atoms with Gasteiger partial charge in [0, 0.05) is 4.88 Å². The Kier molecular flexibility index (Phi) is 5.75. The van der Waals surface area contributed by atoms with E-state index in [1.165, 1.54) is 11.3 Å². The molecule has 1 heterocycles. The van der Waals surface area contributed by atoms with Crippen molar-refractivity contribution in [2.24, 2.45) is 0 Å². The topological polar surface area (TPSA) is 62.1 Å². The van der Waals surface area contributed by atoms with Crippen molar-refractivity contribution in [2.75, 3.05) is 11.9 Å². The second kappa shape index (κ2) is 7.78. The maximum atomic E-state index is 12.2. The van der Waals surface area contributed by atoms with Crippen LogP contribution in [0.3, 0.4) is 0 Å². The molecule has 1 aromatic carbocycles. The lowest BCUT2D eigenvalue weighted by molar-refractivity contribution is -0.112. The highest BCUT2D eigenvalue weighted by Crippen LogP contribution is 2.26. The summed E-state index contributed by atoms with van der Waals surface area (Å²) >= 11 is 4.80. The zero-order valence-corrected chi connectivity index (χ0v) is 14.2. The van der Waals surface area contributed by atoms with Crippen molar-refractivity contribution in [3.63, 3.8) is 0 Å². The normalized spacial score (nSPS) is 10.9. The van der Waals surface area contributed by atoms with Gasteiger partial charge < -0.3 is 10.1 Å². The molecule has 1 N–H and O–H groups in total. The first-order valence-electron chi connectivity index (χ1n) is 6.54. The quantitative estimate of drug-likeness (QED) is 0.618. The fourth-order valence-corrected chi connectivity index (χ4v) is 3.10. The molecule has 22 heavy (non-hydrogen) atoms. The van der Waals surface area contributed by atoms with Crippen LogP contribution in [0.1, 0.15) is 11.8 Å². The van der Waals surface area contributed by atoms with Gasteiger partial charge in [0.05, 0.1) is 16.1 Å². The molecule has 0 bridgehead atoms. The van der Waals surface area contributed by atoms with E-state index in [4.69, 9.17) is 4.74 Å². The van der Waals surface area contributed by atoms with Gasteiger partial charge in [0.15, 0.2) is 0 Å². The van der Waals surface area contributed by atoms with Crippen LogP contribution in [0, 0.1) is 11.3 Å². The molecule has 1 aromatic heterocycles. The number of carbonyl (C=O) groups excluding carboxylic acids is 1. The Morgan fingerprint density at radius 2 is 2.18 bits per heavy atom. The highest BCUT2D eigenvalue weighted by atomic mass is 79.9. The molecule has 0 fully saturated rings. The minimum atomic E-state index is -0.459. The van der Waals surface area contributed by atoms with Crippen molar-refractivity contribution >= 4 is 44.9 Å². The van der Waals surface area contributed by atoms with Gasteiger partial charge in [-0.25, -0.2) is 0 Å². The summed E-state index contributed by atoms with van der Waals surface area (Å²) < 4.78 is 6.39. The maximum Gasteiger partial charge on any atom is 0.266 e. The van der Waals surface area contributed by atoms with Crippen molar-refractivity contribution in [1.82, 2.24) is 0 Å². The molecule has 0 atom stereocenters. The van der Waals surface area contributed by atoms with Crippen LogP contribution in [0.4, 0.5) is 5.69 Å². The Labute approximate surface area is 141 Å². The first kappa shape index (κ1) is 16.3. The van der Waals surface area contributed by atoms with Crippen LogP contribution < -0.4 is 10.1 Å². The second-order valence-electron chi connectivity index (χ2n) is 4.19. The van der Waals surface area contributed by atoms with Crippen molar-refractivity contribution in [1.29, 1.82) is 5.26 Å². The van der Waals surface area contributed by atoms with Gasteiger partial charge in [-0.05, 0) is 53.2 Å². The van der Waals surface area contributed by atoms with Crippen molar-refractivity contribution in [3.8, 4) is 11.8 Å². The maximum absolute atomic E-state index is 12.2. The molecule has 6 heteroatoms. The molecule has 0 aliphatic heterocycles. The predicted octanol–water partition coefficient (Wildman–Crippen LogP) is 4.45. The fourth-order valence-electron chi connectivity index (χ4n) is 1.74. The van der Waals surface area contributed by atoms with Gasteiger partial charge in [0.25, 0.3) is 5.91 Å². The molecule has 2 aromatic rings. The van der Waals surface area contributed by atoms with E-state index < -0.39 is 5.91 Å². The standard InChI is InChI=1S/C16H13BrN2O2S/c1-2-21-14-6-4-3-5-13(14)19-16(20)11(10-18)9-12-7-8-15(17)22-12/h3-9H,2H2,1H3,(H,19,20). The number of carbonyl (C=O) groups is 1. The number of hydrogen-bond acceptors (Lipinski definition) is 4. The van der Waals surface area contributed by atoms with Crippen LogP contribution in [-0.4, -0.2) is 12.5 Å². The number of nitrogens with zero attached hydrogens (tertiary/aromatic N) is 1. The summed E-state index contributed by atoms with van der Waals surface area (Å²) in [6, 6.07) is 12.8. The third-order valence-electron chi connectivity index (χ3n) is 2.68. The molecule has 0 aliphatic carbocycles. The highest BCUT2D eigenvalue weighted by molar-refractivity contribution is 9.11. The lowest BCUT2D eigenvalue weighted by Crippen LogP contribution is -2.14. The van der Waals surface area contributed by atoms with Gasteiger partial charge in [-0.15, -0.1) is 11.3 Å². The van der Waals surface area contributed by atoms with Crippen LogP contribution in [0.2, 0.25) is 0 Å². The molecule has 2 rings (SSSR count). The van der Waals surface area contributed by atoms with Crippen LogP contribution in [0.5, 0.6) is 5.75 Å². The summed E-state index contributed by atoms with van der Waals surface area (Å²) in [5.74, 6) is 0.119. The first-order valence-corrected chi connectivity index (χ1v) is 8.15. The Morgan fingerprint density at radius 3 is 2.82 bits per heavy atom. The first-order chi connectivity index (χ1) is 10.6. The molecule has 1 amide bonds. The lowest BCUT2D eigenvalue weighted by Gasteiger charge is -2.10. The van der Waals surface area contributed by atoms with E-state index in [2.05, 4.69) is 21.2 Å². The van der Waals surface area contributed by atoms with Crippen molar-refractivity contribution in [3.05, 3.63) is 50.6 Å². The van der Waals surface area contributed by atoms with Crippen LogP contribution in [0.25, 0.3) is 6.08 Å². The smallest absolute Gasteiger partial charge is 0.266 e. The molecule has 0 saturated heterocycles. The average molecular weight is 377 g/mol. The third kappa shape index (κ3) is 4.20. The number of benzene rings is 1. The lowest BCUT2D eigenvalue weighted by atomic mass is 10.2. The number of rotatable bonds is 5. The summed E-state index contributed by atoms with van der Waals surface area (Å²) in [5, 5.41) is 11.9. The number of halogens is 1. The molecule has 0 spiro atoms. The average Bonchev–Trinajstić information content (AvgIpc) is 2.92. The van der Waals surface area contributed by atoms with Crippen LogP contribution in [-0.2, 0) is 4.79 Å². The largest absolute Gasteiger partial charge is 0.492 e. The van der Waals surface area contributed by atoms with Gasteiger partial charge in [-0.3, -0.25) is 4.79 Å². The van der Waals surface area contributed by atoms with E-state index in [0.29, 0.717) is 18.0 Å². The summed E-state index contributed by atoms with van der Waals surface area (Å²) in [7, 11) is 0. The Morgan fingerprint density at radius 1 is 1.41 bits per heavy atom. The molecule has 0 radical (unpaired) electrons. The number of para-hydroxylation sites is 2. The molecular formula is C16H13BrN2O2S. The molecular weight excluding hydrogens is 364 g/mol. The van der Waals surface area contributed by atoms with Gasteiger partial charge in [-0.1, -0.05) is 12.1 Å². The number of ether oxygens (including phenoxy) is 1. The van der Waals surface area contributed by atoms with Gasteiger partial charge in [0.1, 0.15) is 17.4 Å². The number of anilines is 1. The summed E-state index contributed by atoms with van der Waals surface area (Å²) in [6.07, 6.45) is 1.56. The van der Waals surface area contributed by atoms with E-state index >= 15 is 0 Å². The number of thiophene rings is 1. The Bertz CT molecular complexity index is 747.